The Morgan fingerprint density at radius 2 is 1.82 bits per heavy atom. The molecule has 180 valence electrons. The molecule has 2 atom stereocenters. The molecule has 9 heteroatoms. The lowest BCUT2D eigenvalue weighted by Gasteiger charge is -2.33. The van der Waals surface area contributed by atoms with Crippen molar-refractivity contribution in [2.45, 2.75) is 62.6 Å². The summed E-state index contributed by atoms with van der Waals surface area (Å²) in [7, 11) is -3.39. The highest BCUT2D eigenvalue weighted by Crippen LogP contribution is 2.35. The van der Waals surface area contributed by atoms with Gasteiger partial charge in [0.05, 0.1) is 36.9 Å². The number of rotatable bonds is 8. The van der Waals surface area contributed by atoms with Crippen LogP contribution in [0.25, 0.3) is 0 Å². The second kappa shape index (κ2) is 10.4. The minimum absolute atomic E-state index is 0.130. The van der Waals surface area contributed by atoms with Gasteiger partial charge in [0.2, 0.25) is 10.0 Å². The van der Waals surface area contributed by atoms with E-state index in [9.17, 15) is 17.2 Å². The Morgan fingerprint density at radius 1 is 1.09 bits per heavy atom. The molecule has 0 amide bonds. The van der Waals surface area contributed by atoms with Crippen LogP contribution in [0.2, 0.25) is 0 Å². The number of halogens is 2. The molecule has 0 unspecified atom stereocenters. The van der Waals surface area contributed by atoms with Gasteiger partial charge in [0, 0.05) is 12.6 Å². The number of aromatic nitrogens is 1. The van der Waals surface area contributed by atoms with E-state index in [0.29, 0.717) is 31.2 Å². The molecule has 1 saturated carbocycles. The van der Waals surface area contributed by atoms with Gasteiger partial charge in [0.1, 0.15) is 5.69 Å². The Kier molecular flexibility index (Phi) is 7.61. The quantitative estimate of drug-likeness (QED) is 0.613. The van der Waals surface area contributed by atoms with Crippen LogP contribution in [0, 0.1) is 0 Å². The smallest absolute Gasteiger partial charge is 0.280 e. The molecule has 1 aromatic heterocycles. The van der Waals surface area contributed by atoms with Crippen molar-refractivity contribution in [2.24, 2.45) is 0 Å². The zero-order valence-electron chi connectivity index (χ0n) is 18.7. The van der Waals surface area contributed by atoms with Gasteiger partial charge in [-0.15, -0.1) is 0 Å². The number of sulfonamides is 1. The van der Waals surface area contributed by atoms with Gasteiger partial charge in [0.15, 0.2) is 0 Å². The minimum Gasteiger partial charge on any atom is -0.376 e. The first-order chi connectivity index (χ1) is 15.8. The molecule has 2 aliphatic rings. The molecule has 4 rings (SSSR count). The lowest BCUT2D eigenvalue weighted by atomic mass is 9.83. The van der Waals surface area contributed by atoms with Gasteiger partial charge >= 0.3 is 0 Å². The zero-order valence-corrected chi connectivity index (χ0v) is 19.6. The molecule has 0 radical (unpaired) electrons. The highest BCUT2D eigenvalue weighted by molar-refractivity contribution is 7.88. The van der Waals surface area contributed by atoms with Crippen LogP contribution in [0.15, 0.2) is 48.7 Å². The number of hydrogen-bond donors (Lipinski definition) is 1. The molecule has 1 N–H and O–H groups in total. The maximum absolute atomic E-state index is 12.9. The summed E-state index contributed by atoms with van der Waals surface area (Å²) >= 11 is 0. The average molecular weight is 480 g/mol. The Morgan fingerprint density at radius 3 is 2.42 bits per heavy atom. The fourth-order valence-corrected chi connectivity index (χ4v) is 5.84. The lowest BCUT2D eigenvalue weighted by Crippen LogP contribution is -2.48. The normalized spacial score (nSPS) is 26.1. The van der Waals surface area contributed by atoms with Crippen LogP contribution in [0.4, 0.5) is 14.5 Å². The van der Waals surface area contributed by atoms with Crippen LogP contribution in [0.3, 0.4) is 0 Å². The second-order valence-electron chi connectivity index (χ2n) is 9.01. The molecular formula is C24H31F2N3O3S. The first kappa shape index (κ1) is 24.0. The molecule has 2 aromatic rings. The van der Waals surface area contributed by atoms with Gasteiger partial charge < -0.3 is 9.64 Å². The highest BCUT2D eigenvalue weighted by atomic mass is 32.2. The van der Waals surface area contributed by atoms with E-state index in [-0.39, 0.29) is 23.9 Å². The van der Waals surface area contributed by atoms with E-state index < -0.39 is 16.4 Å². The number of pyridine rings is 1. The van der Waals surface area contributed by atoms with Crippen molar-refractivity contribution < 1.29 is 21.9 Å². The molecule has 1 aromatic carbocycles. The predicted molar refractivity (Wildman–Crippen MR) is 124 cm³/mol. The van der Waals surface area contributed by atoms with E-state index in [1.165, 1.54) is 17.8 Å². The van der Waals surface area contributed by atoms with Gasteiger partial charge in [-0.25, -0.2) is 21.9 Å². The van der Waals surface area contributed by atoms with Crippen LogP contribution in [0.1, 0.15) is 55.7 Å². The number of nitrogens with zero attached hydrogens (tertiary/aromatic N) is 2. The minimum atomic E-state index is -3.39. The molecule has 33 heavy (non-hydrogen) atoms. The first-order valence-electron chi connectivity index (χ1n) is 11.4. The number of anilines is 1. The van der Waals surface area contributed by atoms with E-state index in [2.05, 4.69) is 34.0 Å². The third-order valence-electron chi connectivity index (χ3n) is 6.69. The summed E-state index contributed by atoms with van der Waals surface area (Å²) in [6, 6.07) is 12.9. The number of ether oxygens (including phenoxy) is 1. The molecule has 0 spiro atoms. The maximum atomic E-state index is 12.9. The first-order valence-corrected chi connectivity index (χ1v) is 13.3. The Labute approximate surface area is 194 Å². The predicted octanol–water partition coefficient (Wildman–Crippen LogP) is 4.26. The van der Waals surface area contributed by atoms with E-state index in [1.54, 1.807) is 6.07 Å². The fraction of sp³-hybridized carbons (Fsp3) is 0.542. The van der Waals surface area contributed by atoms with Crippen LogP contribution in [0.5, 0.6) is 0 Å². The van der Waals surface area contributed by atoms with Crippen molar-refractivity contribution in [3.8, 4) is 0 Å². The van der Waals surface area contributed by atoms with Gasteiger partial charge in [-0.1, -0.05) is 30.3 Å². The summed E-state index contributed by atoms with van der Waals surface area (Å²) in [6.07, 6.45) is 4.74. The lowest BCUT2D eigenvalue weighted by molar-refractivity contribution is 0.0157. The van der Waals surface area contributed by atoms with E-state index in [1.807, 2.05) is 11.0 Å². The summed E-state index contributed by atoms with van der Waals surface area (Å²) in [6.45, 7) is 0.960. The van der Waals surface area contributed by atoms with Gasteiger partial charge in [0.25, 0.3) is 6.43 Å². The number of nitrogens with one attached hydrogen (secondary N) is 1. The molecule has 2 fully saturated rings. The van der Waals surface area contributed by atoms with Crippen molar-refractivity contribution in [3.63, 3.8) is 0 Å². The molecular weight excluding hydrogens is 448 g/mol. The molecule has 1 aliphatic heterocycles. The zero-order chi connectivity index (χ0) is 23.4. The third-order valence-corrected chi connectivity index (χ3v) is 7.42. The largest absolute Gasteiger partial charge is 0.376 e. The molecule has 6 nitrogen and oxygen atoms in total. The molecule has 1 saturated heterocycles. The van der Waals surface area contributed by atoms with Gasteiger partial charge in [-0.05, 0) is 55.7 Å². The molecule has 2 heterocycles. The number of benzene rings is 1. The highest BCUT2D eigenvalue weighted by Gasteiger charge is 2.37. The average Bonchev–Trinajstić information content (AvgIpc) is 3.19. The SMILES string of the molecule is CS(=O)(=O)N[C@H]1CCN(c2ccc(C(F)F)nc2)[C@H]1COC1CCC(c2ccccc2)CC1. The maximum Gasteiger partial charge on any atom is 0.280 e. The van der Waals surface area contributed by atoms with Crippen LogP contribution in [-0.4, -0.2) is 51.0 Å². The second-order valence-corrected chi connectivity index (χ2v) is 10.8. The molecule has 0 bridgehead atoms. The fourth-order valence-electron chi connectivity index (χ4n) is 5.01. The summed E-state index contributed by atoms with van der Waals surface area (Å²) in [5.41, 5.74) is 1.79. The van der Waals surface area contributed by atoms with Crippen LogP contribution < -0.4 is 9.62 Å². The molecule has 1 aliphatic carbocycles. The van der Waals surface area contributed by atoms with Crippen molar-refractivity contribution in [3.05, 3.63) is 59.9 Å². The van der Waals surface area contributed by atoms with Gasteiger partial charge in [-0.2, -0.15) is 0 Å². The Hall–Kier alpha value is -2.10. The summed E-state index contributed by atoms with van der Waals surface area (Å²) in [5.74, 6) is 0.549. The third kappa shape index (κ3) is 6.28. The topological polar surface area (TPSA) is 71.5 Å². The van der Waals surface area contributed by atoms with Crippen molar-refractivity contribution in [2.75, 3.05) is 24.3 Å². The number of alkyl halides is 2. The Bertz CT molecular complexity index is 997. The van der Waals surface area contributed by atoms with Gasteiger partial charge in [-0.3, -0.25) is 4.98 Å². The summed E-state index contributed by atoms with van der Waals surface area (Å²) in [4.78, 5) is 5.89. The van der Waals surface area contributed by atoms with Crippen molar-refractivity contribution in [1.82, 2.24) is 9.71 Å². The van der Waals surface area contributed by atoms with Crippen LogP contribution in [-0.2, 0) is 14.8 Å². The van der Waals surface area contributed by atoms with E-state index in [0.717, 1.165) is 31.9 Å². The van der Waals surface area contributed by atoms with Crippen molar-refractivity contribution in [1.29, 1.82) is 0 Å². The summed E-state index contributed by atoms with van der Waals surface area (Å²) < 4.78 is 58.6. The van der Waals surface area contributed by atoms with E-state index >= 15 is 0 Å². The monoisotopic (exact) mass is 479 g/mol. The Balaban J connectivity index is 1.40. The summed E-state index contributed by atoms with van der Waals surface area (Å²) in [5, 5.41) is 0. The van der Waals surface area contributed by atoms with Crippen molar-refractivity contribution >= 4 is 15.7 Å². The standard InChI is InChI=1S/C24H31F2N3O3S/c1-33(30,31)28-21-13-14-29(19-9-12-22(24(25)26)27-15-19)23(21)16-32-20-10-7-18(8-11-20)17-5-3-2-4-6-17/h2-6,9,12,15,18,20-21,23-24,28H,7-8,10-11,13-14,16H2,1H3/t18?,20?,21-,23-/m0/s1. The number of hydrogen-bond acceptors (Lipinski definition) is 5. The van der Waals surface area contributed by atoms with E-state index in [4.69, 9.17) is 4.74 Å². The van der Waals surface area contributed by atoms with Crippen LogP contribution >= 0.6 is 0 Å².